The number of thioether (sulfide) groups is 1. The predicted octanol–water partition coefficient (Wildman–Crippen LogP) is 3.77. The number of amides is 2. The summed E-state index contributed by atoms with van der Waals surface area (Å²) in [5.41, 5.74) is 0.536. The topological polar surface area (TPSA) is 88.9 Å². The molecule has 2 N–H and O–H groups in total. The van der Waals surface area contributed by atoms with Gasteiger partial charge < -0.3 is 15.2 Å². The van der Waals surface area contributed by atoms with Gasteiger partial charge in [-0.15, -0.1) is 10.2 Å². The minimum absolute atomic E-state index is 0.0128. The van der Waals surface area contributed by atoms with Crippen LogP contribution >= 0.6 is 27.7 Å². The molecule has 30 heavy (non-hydrogen) atoms. The number of rotatable bonds is 7. The van der Waals surface area contributed by atoms with E-state index in [1.165, 1.54) is 0 Å². The fourth-order valence-corrected chi connectivity index (χ4v) is 3.70. The van der Waals surface area contributed by atoms with E-state index in [-0.39, 0.29) is 28.2 Å². The van der Waals surface area contributed by atoms with Crippen molar-refractivity contribution in [1.29, 1.82) is 0 Å². The highest BCUT2D eigenvalue weighted by Crippen LogP contribution is 2.27. The number of hydrogen-bond donors (Lipinski definition) is 2. The third-order valence-corrected chi connectivity index (χ3v) is 5.55. The summed E-state index contributed by atoms with van der Waals surface area (Å²) in [7, 11) is 1.68. The Morgan fingerprint density at radius 3 is 2.53 bits per heavy atom. The van der Waals surface area contributed by atoms with Crippen LogP contribution in [0, 0.1) is 11.6 Å². The van der Waals surface area contributed by atoms with Crippen LogP contribution in [0.25, 0.3) is 0 Å². The molecule has 0 spiro atoms. The van der Waals surface area contributed by atoms with E-state index in [9.17, 15) is 18.4 Å². The molecular formula is C19H16BrF2N5O2S. The van der Waals surface area contributed by atoms with Crippen LogP contribution in [-0.4, -0.2) is 32.3 Å². The lowest BCUT2D eigenvalue weighted by molar-refractivity contribution is -0.116. The van der Waals surface area contributed by atoms with Crippen molar-refractivity contribution in [1.82, 2.24) is 14.8 Å². The molecule has 0 aliphatic carbocycles. The molecule has 0 saturated heterocycles. The molecule has 0 bridgehead atoms. The van der Waals surface area contributed by atoms with Gasteiger partial charge in [0.05, 0.1) is 17.9 Å². The van der Waals surface area contributed by atoms with Gasteiger partial charge in [-0.25, -0.2) is 8.78 Å². The zero-order chi connectivity index (χ0) is 21.7. The fourth-order valence-electron chi connectivity index (χ4n) is 2.46. The molecule has 0 unspecified atom stereocenters. The van der Waals surface area contributed by atoms with Crippen molar-refractivity contribution < 1.29 is 18.4 Å². The standard InChI is InChI=1S/C19H16BrF2N5O2S/c1-27-15(9-16(28)23-12-5-3-2-4-6-12)25-26-19(27)30-10-17(29)24-18-13(20)7-11(21)8-14(18)22/h2-8H,9-10H2,1H3,(H,23,28)(H,24,29). The van der Waals surface area contributed by atoms with Gasteiger partial charge in [-0.2, -0.15) is 0 Å². The summed E-state index contributed by atoms with van der Waals surface area (Å²) in [5.74, 6) is -2.04. The van der Waals surface area contributed by atoms with Gasteiger partial charge in [0, 0.05) is 23.3 Å². The van der Waals surface area contributed by atoms with E-state index in [1.54, 1.807) is 23.7 Å². The molecule has 3 rings (SSSR count). The van der Waals surface area contributed by atoms with Gasteiger partial charge in [-0.05, 0) is 34.1 Å². The highest BCUT2D eigenvalue weighted by atomic mass is 79.9. The Bertz CT molecular complexity index is 1060. The molecule has 11 heteroatoms. The molecule has 3 aromatic rings. The van der Waals surface area contributed by atoms with Crippen LogP contribution in [-0.2, 0) is 23.1 Å². The van der Waals surface area contributed by atoms with Crippen LogP contribution in [0.2, 0.25) is 0 Å². The van der Waals surface area contributed by atoms with Gasteiger partial charge in [0.15, 0.2) is 11.0 Å². The van der Waals surface area contributed by atoms with Crippen molar-refractivity contribution >= 4 is 50.9 Å². The molecule has 2 aromatic carbocycles. The number of nitrogens with one attached hydrogen (secondary N) is 2. The normalized spacial score (nSPS) is 10.7. The van der Waals surface area contributed by atoms with E-state index in [0.29, 0.717) is 22.7 Å². The molecule has 0 atom stereocenters. The maximum Gasteiger partial charge on any atom is 0.234 e. The summed E-state index contributed by atoms with van der Waals surface area (Å²) in [6.07, 6.45) is 0.0128. The van der Waals surface area contributed by atoms with Crippen LogP contribution in [0.4, 0.5) is 20.2 Å². The molecule has 7 nitrogen and oxygen atoms in total. The second-order valence-corrected chi connectivity index (χ2v) is 7.93. The fraction of sp³-hybridized carbons (Fsp3) is 0.158. The summed E-state index contributed by atoms with van der Waals surface area (Å²) in [4.78, 5) is 24.3. The predicted molar refractivity (Wildman–Crippen MR) is 113 cm³/mol. The van der Waals surface area contributed by atoms with Crippen molar-refractivity contribution in [2.45, 2.75) is 11.6 Å². The third kappa shape index (κ3) is 5.63. The van der Waals surface area contributed by atoms with Crippen LogP contribution in [0.1, 0.15) is 5.82 Å². The van der Waals surface area contributed by atoms with E-state index < -0.39 is 17.5 Å². The Morgan fingerprint density at radius 1 is 1.10 bits per heavy atom. The Balaban J connectivity index is 1.56. The van der Waals surface area contributed by atoms with Crippen molar-refractivity contribution in [2.75, 3.05) is 16.4 Å². The zero-order valence-corrected chi connectivity index (χ0v) is 18.1. The van der Waals surface area contributed by atoms with Gasteiger partial charge in [0.1, 0.15) is 11.6 Å². The quantitative estimate of drug-likeness (QED) is 0.487. The Hall–Kier alpha value is -2.79. The molecular weight excluding hydrogens is 480 g/mol. The summed E-state index contributed by atoms with van der Waals surface area (Å²) in [6, 6.07) is 10.8. The molecule has 0 fully saturated rings. The van der Waals surface area contributed by atoms with Crippen molar-refractivity contribution in [3.05, 3.63) is 64.4 Å². The third-order valence-electron chi connectivity index (χ3n) is 3.90. The SMILES string of the molecule is Cn1c(CC(=O)Nc2ccccc2)nnc1SCC(=O)Nc1c(F)cc(F)cc1Br. The zero-order valence-electron chi connectivity index (χ0n) is 15.7. The summed E-state index contributed by atoms with van der Waals surface area (Å²) >= 11 is 4.09. The summed E-state index contributed by atoms with van der Waals surface area (Å²) in [6.45, 7) is 0. The first kappa shape index (κ1) is 21.9. The summed E-state index contributed by atoms with van der Waals surface area (Å²) in [5, 5.41) is 13.5. The lowest BCUT2D eigenvalue weighted by atomic mass is 10.3. The molecule has 0 radical (unpaired) electrons. The van der Waals surface area contributed by atoms with Crippen LogP contribution in [0.15, 0.2) is 52.1 Å². The number of aromatic nitrogens is 3. The smallest absolute Gasteiger partial charge is 0.234 e. The van der Waals surface area contributed by atoms with E-state index in [4.69, 9.17) is 0 Å². The number of para-hydroxylation sites is 1. The van der Waals surface area contributed by atoms with Crippen LogP contribution < -0.4 is 10.6 Å². The number of nitrogens with zero attached hydrogens (tertiary/aromatic N) is 3. The number of benzene rings is 2. The Kier molecular flexibility index (Phi) is 7.16. The lowest BCUT2D eigenvalue weighted by Crippen LogP contribution is -2.17. The van der Waals surface area contributed by atoms with E-state index in [2.05, 4.69) is 36.8 Å². The molecule has 156 valence electrons. The van der Waals surface area contributed by atoms with Gasteiger partial charge in [-0.1, -0.05) is 30.0 Å². The minimum atomic E-state index is -0.884. The first-order chi connectivity index (χ1) is 14.3. The molecule has 0 aliphatic rings. The first-order valence-corrected chi connectivity index (χ1v) is 10.4. The Labute approximate surface area is 183 Å². The number of anilines is 2. The highest BCUT2D eigenvalue weighted by molar-refractivity contribution is 9.10. The van der Waals surface area contributed by atoms with Gasteiger partial charge in [-0.3, -0.25) is 9.59 Å². The maximum absolute atomic E-state index is 13.8. The average molecular weight is 496 g/mol. The van der Waals surface area contributed by atoms with E-state index in [1.807, 2.05) is 18.2 Å². The molecule has 1 aromatic heterocycles. The molecule has 0 saturated carbocycles. The number of halogens is 3. The monoisotopic (exact) mass is 495 g/mol. The molecule has 0 aliphatic heterocycles. The van der Waals surface area contributed by atoms with E-state index in [0.717, 1.165) is 17.8 Å². The lowest BCUT2D eigenvalue weighted by Gasteiger charge is -2.09. The minimum Gasteiger partial charge on any atom is -0.326 e. The van der Waals surface area contributed by atoms with Gasteiger partial charge >= 0.3 is 0 Å². The maximum atomic E-state index is 13.8. The highest BCUT2D eigenvalue weighted by Gasteiger charge is 2.16. The second-order valence-electron chi connectivity index (χ2n) is 6.13. The number of carbonyl (C=O) groups excluding carboxylic acids is 2. The van der Waals surface area contributed by atoms with Crippen molar-refractivity contribution in [2.24, 2.45) is 7.05 Å². The van der Waals surface area contributed by atoms with Crippen LogP contribution in [0.3, 0.4) is 0 Å². The average Bonchev–Trinajstić information content (AvgIpc) is 3.03. The van der Waals surface area contributed by atoms with E-state index >= 15 is 0 Å². The number of hydrogen-bond acceptors (Lipinski definition) is 5. The van der Waals surface area contributed by atoms with Crippen molar-refractivity contribution in [3.8, 4) is 0 Å². The van der Waals surface area contributed by atoms with Gasteiger partial charge in [0.25, 0.3) is 0 Å². The summed E-state index contributed by atoms with van der Waals surface area (Å²) < 4.78 is 28.7. The largest absolute Gasteiger partial charge is 0.326 e. The first-order valence-electron chi connectivity index (χ1n) is 8.64. The Morgan fingerprint density at radius 2 is 1.83 bits per heavy atom. The molecule has 1 heterocycles. The van der Waals surface area contributed by atoms with Gasteiger partial charge in [0.2, 0.25) is 11.8 Å². The number of carbonyl (C=O) groups is 2. The molecule has 2 amide bonds. The van der Waals surface area contributed by atoms with Crippen molar-refractivity contribution in [3.63, 3.8) is 0 Å². The second kappa shape index (κ2) is 9.81. The van der Waals surface area contributed by atoms with Crippen LogP contribution in [0.5, 0.6) is 0 Å².